The lowest BCUT2D eigenvalue weighted by Gasteiger charge is -2.11. The third kappa shape index (κ3) is 4.70. The molecule has 0 saturated carbocycles. The molecule has 3 rings (SSSR count). The highest BCUT2D eigenvalue weighted by molar-refractivity contribution is 7.80. The van der Waals surface area contributed by atoms with Gasteiger partial charge in [0.2, 0.25) is 0 Å². The molecule has 3 aromatic rings. The molecule has 6 nitrogen and oxygen atoms in total. The summed E-state index contributed by atoms with van der Waals surface area (Å²) in [5, 5.41) is 16.3. The number of nitro groups is 1. The van der Waals surface area contributed by atoms with Gasteiger partial charge in [-0.25, -0.2) is 0 Å². The van der Waals surface area contributed by atoms with Crippen molar-refractivity contribution >= 4 is 46.2 Å². The largest absolute Gasteiger partial charge is 0.331 e. The molecular formula is C20H14ClN3O3S. The molecule has 3 aromatic carbocycles. The number of benzene rings is 3. The van der Waals surface area contributed by atoms with E-state index in [1.54, 1.807) is 12.1 Å². The average Bonchev–Trinajstić information content (AvgIpc) is 2.70. The Morgan fingerprint density at radius 1 is 0.964 bits per heavy atom. The summed E-state index contributed by atoms with van der Waals surface area (Å²) in [7, 11) is 0. The van der Waals surface area contributed by atoms with E-state index in [-0.39, 0.29) is 21.5 Å². The van der Waals surface area contributed by atoms with Crippen LogP contribution in [0.1, 0.15) is 10.4 Å². The minimum absolute atomic E-state index is 0.0143. The van der Waals surface area contributed by atoms with Crippen molar-refractivity contribution in [3.05, 3.63) is 93.5 Å². The van der Waals surface area contributed by atoms with Crippen molar-refractivity contribution in [3.8, 4) is 11.1 Å². The minimum atomic E-state index is -0.544. The molecule has 0 atom stereocenters. The lowest BCUT2D eigenvalue weighted by atomic mass is 10.0. The average molecular weight is 412 g/mol. The van der Waals surface area contributed by atoms with Crippen molar-refractivity contribution in [2.45, 2.75) is 0 Å². The molecule has 0 radical (unpaired) electrons. The van der Waals surface area contributed by atoms with Crippen LogP contribution in [0.5, 0.6) is 0 Å². The van der Waals surface area contributed by atoms with Crippen LogP contribution < -0.4 is 10.6 Å². The van der Waals surface area contributed by atoms with Crippen molar-refractivity contribution in [3.63, 3.8) is 0 Å². The Kier molecular flexibility index (Phi) is 5.98. The molecule has 28 heavy (non-hydrogen) atoms. The van der Waals surface area contributed by atoms with Crippen molar-refractivity contribution in [1.82, 2.24) is 5.32 Å². The van der Waals surface area contributed by atoms with Crippen LogP contribution in [0.3, 0.4) is 0 Å². The fourth-order valence-electron chi connectivity index (χ4n) is 2.50. The number of amides is 1. The Labute approximate surface area is 171 Å². The summed E-state index contributed by atoms with van der Waals surface area (Å²) in [6, 6.07) is 20.8. The highest BCUT2D eigenvalue weighted by atomic mass is 35.5. The van der Waals surface area contributed by atoms with E-state index in [4.69, 9.17) is 23.8 Å². The van der Waals surface area contributed by atoms with Crippen LogP contribution in [-0.2, 0) is 0 Å². The lowest BCUT2D eigenvalue weighted by molar-refractivity contribution is -0.384. The van der Waals surface area contributed by atoms with Gasteiger partial charge in [0.1, 0.15) is 0 Å². The number of nitro benzene ring substituents is 1. The zero-order valence-electron chi connectivity index (χ0n) is 14.4. The first-order valence-electron chi connectivity index (χ1n) is 8.16. The van der Waals surface area contributed by atoms with E-state index in [0.717, 1.165) is 11.1 Å². The first-order valence-corrected chi connectivity index (χ1v) is 8.94. The van der Waals surface area contributed by atoms with Crippen LogP contribution in [0.4, 0.5) is 11.4 Å². The summed E-state index contributed by atoms with van der Waals surface area (Å²) in [4.78, 5) is 22.7. The van der Waals surface area contributed by atoms with Gasteiger partial charge < -0.3 is 5.32 Å². The number of nitrogens with one attached hydrogen (secondary N) is 2. The van der Waals surface area contributed by atoms with Gasteiger partial charge >= 0.3 is 0 Å². The van der Waals surface area contributed by atoms with E-state index < -0.39 is 10.8 Å². The Hall–Kier alpha value is -3.29. The summed E-state index contributed by atoms with van der Waals surface area (Å²) in [6.07, 6.45) is 0. The molecule has 2 N–H and O–H groups in total. The molecule has 0 aliphatic heterocycles. The van der Waals surface area contributed by atoms with Gasteiger partial charge in [-0.15, -0.1) is 0 Å². The number of rotatable bonds is 4. The Balaban J connectivity index is 1.67. The highest BCUT2D eigenvalue weighted by Crippen LogP contribution is 2.26. The third-order valence-corrected chi connectivity index (χ3v) is 4.42. The molecule has 1 amide bonds. The normalized spacial score (nSPS) is 10.2. The van der Waals surface area contributed by atoms with Gasteiger partial charge in [-0.3, -0.25) is 20.2 Å². The third-order valence-electron chi connectivity index (χ3n) is 3.89. The van der Waals surface area contributed by atoms with Crippen LogP contribution in [-0.4, -0.2) is 15.9 Å². The fourth-order valence-corrected chi connectivity index (χ4v) is 2.86. The van der Waals surface area contributed by atoms with Gasteiger partial charge in [-0.1, -0.05) is 54.1 Å². The summed E-state index contributed by atoms with van der Waals surface area (Å²) in [5.74, 6) is -0.404. The summed E-state index contributed by atoms with van der Waals surface area (Å²) >= 11 is 11.1. The maximum Gasteiger partial charge on any atom is 0.271 e. The number of nitrogens with zero attached hydrogens (tertiary/aromatic N) is 1. The minimum Gasteiger partial charge on any atom is -0.331 e. The Morgan fingerprint density at radius 2 is 1.61 bits per heavy atom. The van der Waals surface area contributed by atoms with Crippen LogP contribution in [0.15, 0.2) is 72.8 Å². The maximum atomic E-state index is 12.4. The topological polar surface area (TPSA) is 84.3 Å². The molecular weight excluding hydrogens is 398 g/mol. The number of hydrogen-bond donors (Lipinski definition) is 2. The van der Waals surface area contributed by atoms with Crippen molar-refractivity contribution in [2.75, 3.05) is 5.32 Å². The smallest absolute Gasteiger partial charge is 0.271 e. The van der Waals surface area contributed by atoms with Gasteiger partial charge in [0.25, 0.3) is 11.6 Å². The summed E-state index contributed by atoms with van der Waals surface area (Å²) in [5.41, 5.74) is 2.56. The molecule has 0 aliphatic carbocycles. The zero-order valence-corrected chi connectivity index (χ0v) is 16.0. The first-order chi connectivity index (χ1) is 13.4. The van der Waals surface area contributed by atoms with Gasteiger partial charge in [-0.2, -0.15) is 0 Å². The fraction of sp³-hybridized carbons (Fsp3) is 0. The predicted octanol–water partition coefficient (Wildman–Crippen LogP) is 5.04. The number of halogens is 1. The summed E-state index contributed by atoms with van der Waals surface area (Å²) in [6.45, 7) is 0. The number of anilines is 1. The molecule has 0 aromatic heterocycles. The standard InChI is InChI=1S/C20H14ClN3O3S/c21-17-11-10-16(24(26)27)12-18(17)22-20(28)23-19(25)15-8-6-14(7-9-15)13-4-2-1-3-5-13/h1-12H,(H2,22,23,25,28). The number of hydrogen-bond acceptors (Lipinski definition) is 4. The molecule has 140 valence electrons. The number of carbonyl (C=O) groups excluding carboxylic acids is 1. The van der Waals surface area contributed by atoms with E-state index in [2.05, 4.69) is 10.6 Å². The molecule has 0 unspecified atom stereocenters. The van der Waals surface area contributed by atoms with Crippen molar-refractivity contribution in [2.24, 2.45) is 0 Å². The number of non-ortho nitro benzene ring substituents is 1. The zero-order chi connectivity index (χ0) is 20.1. The SMILES string of the molecule is O=C(NC(=S)Nc1cc([N+](=O)[O-])ccc1Cl)c1ccc(-c2ccccc2)cc1. The van der Waals surface area contributed by atoms with Gasteiger partial charge in [0, 0.05) is 17.7 Å². The maximum absolute atomic E-state index is 12.4. The van der Waals surface area contributed by atoms with Gasteiger partial charge in [-0.05, 0) is 41.5 Å². The number of carbonyl (C=O) groups is 1. The lowest BCUT2D eigenvalue weighted by Crippen LogP contribution is -2.34. The summed E-state index contributed by atoms with van der Waals surface area (Å²) < 4.78 is 0. The van der Waals surface area contributed by atoms with Crippen LogP contribution in [0.2, 0.25) is 5.02 Å². The number of thiocarbonyl (C=S) groups is 1. The molecule has 0 spiro atoms. The van der Waals surface area contributed by atoms with E-state index in [9.17, 15) is 14.9 Å². The van der Waals surface area contributed by atoms with E-state index >= 15 is 0 Å². The molecule has 0 bridgehead atoms. The first kappa shape index (κ1) is 19.5. The molecule has 8 heteroatoms. The van der Waals surface area contributed by atoms with Crippen LogP contribution in [0.25, 0.3) is 11.1 Å². The molecule has 0 fully saturated rings. The second kappa shape index (κ2) is 8.60. The quantitative estimate of drug-likeness (QED) is 0.357. The molecule has 0 heterocycles. The van der Waals surface area contributed by atoms with E-state index in [0.29, 0.717) is 5.56 Å². The van der Waals surface area contributed by atoms with E-state index in [1.165, 1.54) is 18.2 Å². The Morgan fingerprint density at radius 3 is 2.25 bits per heavy atom. The van der Waals surface area contributed by atoms with Crippen LogP contribution >= 0.6 is 23.8 Å². The van der Waals surface area contributed by atoms with Gasteiger partial charge in [0.15, 0.2) is 5.11 Å². The molecule has 0 saturated heterocycles. The predicted molar refractivity (Wildman–Crippen MR) is 114 cm³/mol. The molecule has 0 aliphatic rings. The van der Waals surface area contributed by atoms with Gasteiger partial charge in [0.05, 0.1) is 15.6 Å². The van der Waals surface area contributed by atoms with Crippen molar-refractivity contribution < 1.29 is 9.72 Å². The monoisotopic (exact) mass is 411 g/mol. The second-order valence-electron chi connectivity index (χ2n) is 5.77. The van der Waals surface area contributed by atoms with Crippen molar-refractivity contribution in [1.29, 1.82) is 0 Å². The van der Waals surface area contributed by atoms with E-state index in [1.807, 2.05) is 42.5 Å². The highest BCUT2D eigenvalue weighted by Gasteiger charge is 2.13. The Bertz CT molecular complexity index is 1040. The van der Waals surface area contributed by atoms with Crippen LogP contribution in [0, 0.1) is 10.1 Å². The second-order valence-corrected chi connectivity index (χ2v) is 6.59.